The molecule has 1 atom stereocenters. The highest BCUT2D eigenvalue weighted by Crippen LogP contribution is 2.24. The van der Waals surface area contributed by atoms with Crippen LogP contribution in [0.3, 0.4) is 0 Å². The summed E-state index contributed by atoms with van der Waals surface area (Å²) in [4.78, 5) is 35.4. The molecule has 0 aliphatic rings. The van der Waals surface area contributed by atoms with Gasteiger partial charge in [-0.05, 0) is 37.3 Å². The van der Waals surface area contributed by atoms with E-state index in [4.69, 9.17) is 16.2 Å². The molecule has 0 aliphatic carbocycles. The molecule has 2 heterocycles. The summed E-state index contributed by atoms with van der Waals surface area (Å²) in [5.41, 5.74) is 11.6. The first-order valence-corrected chi connectivity index (χ1v) is 8.89. The number of amides is 2. The van der Waals surface area contributed by atoms with Gasteiger partial charge >= 0.3 is 0 Å². The number of nitrogens with zero attached hydrogens (tertiary/aromatic N) is 3. The van der Waals surface area contributed by atoms with Crippen molar-refractivity contribution in [2.45, 2.75) is 19.6 Å². The van der Waals surface area contributed by atoms with Crippen LogP contribution in [-0.2, 0) is 11.5 Å². The van der Waals surface area contributed by atoms with Crippen LogP contribution in [0.2, 0.25) is 0 Å². The molecule has 0 unspecified atom stereocenters. The third-order valence-electron chi connectivity index (χ3n) is 4.06. The number of pyridine rings is 1. The minimum Gasteiger partial charge on any atom is -0.439 e. The molecule has 0 fully saturated rings. The van der Waals surface area contributed by atoms with Crippen LogP contribution in [-0.4, -0.2) is 32.8 Å². The maximum Gasteiger partial charge on any atom is 0.267 e. The lowest BCUT2D eigenvalue weighted by molar-refractivity contribution is -0.118. The van der Waals surface area contributed by atoms with Gasteiger partial charge in [0.05, 0.1) is 0 Å². The van der Waals surface area contributed by atoms with E-state index < -0.39 is 24.5 Å². The molecule has 9 nitrogen and oxygen atoms in total. The summed E-state index contributed by atoms with van der Waals surface area (Å²) in [6.45, 7) is 0.968. The Morgan fingerprint density at radius 1 is 1.13 bits per heavy atom. The van der Waals surface area contributed by atoms with Gasteiger partial charge in [-0.15, -0.1) is 0 Å². The predicted molar refractivity (Wildman–Crippen MR) is 107 cm³/mol. The van der Waals surface area contributed by atoms with E-state index in [1.54, 1.807) is 43.3 Å². The maximum atomic E-state index is 12.6. The molecule has 0 radical (unpaired) electrons. The first-order valence-electron chi connectivity index (χ1n) is 8.89. The number of nitrogens with one attached hydrogen (secondary N) is 1. The van der Waals surface area contributed by atoms with Crippen LogP contribution < -0.4 is 21.5 Å². The van der Waals surface area contributed by atoms with Crippen molar-refractivity contribution < 1.29 is 18.7 Å². The fourth-order valence-corrected chi connectivity index (χ4v) is 2.41. The van der Waals surface area contributed by atoms with Crippen molar-refractivity contribution in [3.63, 3.8) is 0 Å². The molecule has 10 heteroatoms. The lowest BCUT2D eigenvalue weighted by Gasteiger charge is -2.13. The lowest BCUT2D eigenvalue weighted by Crippen LogP contribution is -2.33. The molecule has 0 aliphatic heterocycles. The molecule has 0 spiro atoms. The number of carbonyl (C=O) groups is 2. The molecule has 0 bridgehead atoms. The molecular formula is C20H19FN6O3. The molecule has 0 saturated carbocycles. The van der Waals surface area contributed by atoms with Crippen molar-refractivity contribution in [3.8, 4) is 23.0 Å². The summed E-state index contributed by atoms with van der Waals surface area (Å²) >= 11 is 0. The number of primary amides is 2. The number of rotatable bonds is 8. The van der Waals surface area contributed by atoms with Crippen molar-refractivity contribution in [1.29, 1.82) is 0 Å². The molecular weight excluding hydrogens is 391 g/mol. The highest BCUT2D eigenvalue weighted by Gasteiger charge is 2.14. The van der Waals surface area contributed by atoms with Crippen molar-refractivity contribution in [3.05, 3.63) is 59.9 Å². The number of halogens is 1. The molecule has 3 aromatic rings. The van der Waals surface area contributed by atoms with Crippen LogP contribution in [0.1, 0.15) is 23.0 Å². The lowest BCUT2D eigenvalue weighted by atomic mass is 10.2. The number of anilines is 1. The Bertz CT molecular complexity index is 1060. The van der Waals surface area contributed by atoms with Gasteiger partial charge in [0.2, 0.25) is 11.8 Å². The van der Waals surface area contributed by atoms with E-state index in [0.29, 0.717) is 22.8 Å². The van der Waals surface area contributed by atoms with Crippen molar-refractivity contribution in [2.75, 3.05) is 5.32 Å². The summed E-state index contributed by atoms with van der Waals surface area (Å²) in [5, 5.41) is 2.81. The second-order valence-electron chi connectivity index (χ2n) is 6.36. The topological polar surface area (TPSA) is 146 Å². The Balaban J connectivity index is 1.84. The summed E-state index contributed by atoms with van der Waals surface area (Å²) in [6, 6.07) is 10.5. The largest absolute Gasteiger partial charge is 0.439 e. The number of hydrogen-bond acceptors (Lipinski definition) is 7. The van der Waals surface area contributed by atoms with Gasteiger partial charge < -0.3 is 21.5 Å². The highest BCUT2D eigenvalue weighted by molar-refractivity contribution is 5.92. The van der Waals surface area contributed by atoms with E-state index >= 15 is 0 Å². The van der Waals surface area contributed by atoms with Gasteiger partial charge in [-0.2, -0.15) is 0 Å². The van der Waals surface area contributed by atoms with E-state index in [-0.39, 0.29) is 17.3 Å². The second-order valence-corrected chi connectivity index (χ2v) is 6.36. The SMILES string of the molecule is C[C@H](Nc1cc(C(N)=O)nc(-c2ccc(Oc3ccc(CF)cn3)cc2)n1)C(N)=O. The zero-order valence-corrected chi connectivity index (χ0v) is 16.0. The normalized spacial score (nSPS) is 11.5. The zero-order valence-electron chi connectivity index (χ0n) is 16.0. The van der Waals surface area contributed by atoms with Crippen LogP contribution in [0.5, 0.6) is 11.6 Å². The van der Waals surface area contributed by atoms with Gasteiger partial charge in [-0.1, -0.05) is 0 Å². The monoisotopic (exact) mass is 410 g/mol. The van der Waals surface area contributed by atoms with Crippen molar-refractivity contribution in [1.82, 2.24) is 15.0 Å². The highest BCUT2D eigenvalue weighted by atomic mass is 19.1. The number of aromatic nitrogens is 3. The van der Waals surface area contributed by atoms with Crippen molar-refractivity contribution >= 4 is 17.6 Å². The average molecular weight is 410 g/mol. The van der Waals surface area contributed by atoms with E-state index in [1.165, 1.54) is 12.3 Å². The van der Waals surface area contributed by atoms with Gasteiger partial charge in [0.15, 0.2) is 5.82 Å². The van der Waals surface area contributed by atoms with Gasteiger partial charge in [0, 0.05) is 29.5 Å². The Morgan fingerprint density at radius 3 is 2.43 bits per heavy atom. The Labute approximate surface area is 171 Å². The van der Waals surface area contributed by atoms with E-state index in [1.807, 2.05) is 0 Å². The summed E-state index contributed by atoms with van der Waals surface area (Å²) in [5.74, 6) is -0.0495. The predicted octanol–water partition coefficient (Wildman–Crippen LogP) is 2.18. The number of nitrogens with two attached hydrogens (primary N) is 2. The number of hydrogen-bond donors (Lipinski definition) is 3. The van der Waals surface area contributed by atoms with Crippen LogP contribution in [0.15, 0.2) is 48.7 Å². The van der Waals surface area contributed by atoms with E-state index in [2.05, 4.69) is 20.3 Å². The molecule has 0 saturated heterocycles. The molecule has 154 valence electrons. The molecule has 3 rings (SSSR count). The summed E-state index contributed by atoms with van der Waals surface area (Å²) in [6.07, 6.45) is 1.40. The molecule has 2 amide bonds. The van der Waals surface area contributed by atoms with E-state index in [0.717, 1.165) is 0 Å². The van der Waals surface area contributed by atoms with Crippen LogP contribution in [0.4, 0.5) is 10.2 Å². The van der Waals surface area contributed by atoms with Gasteiger partial charge in [-0.25, -0.2) is 19.3 Å². The number of alkyl halides is 1. The van der Waals surface area contributed by atoms with Gasteiger partial charge in [0.1, 0.15) is 30.0 Å². The van der Waals surface area contributed by atoms with Crippen LogP contribution >= 0.6 is 0 Å². The third-order valence-corrected chi connectivity index (χ3v) is 4.06. The summed E-state index contributed by atoms with van der Waals surface area (Å²) < 4.78 is 18.2. The fraction of sp³-hybridized carbons (Fsp3) is 0.150. The Kier molecular flexibility index (Phi) is 6.16. The number of carbonyl (C=O) groups excluding carboxylic acids is 2. The van der Waals surface area contributed by atoms with Crippen molar-refractivity contribution in [2.24, 2.45) is 11.5 Å². The van der Waals surface area contributed by atoms with Crippen LogP contribution in [0, 0.1) is 0 Å². The van der Waals surface area contributed by atoms with E-state index in [9.17, 15) is 14.0 Å². The third kappa shape index (κ3) is 5.04. The zero-order chi connectivity index (χ0) is 21.7. The quantitative estimate of drug-likeness (QED) is 0.516. The second kappa shape index (κ2) is 8.95. The van der Waals surface area contributed by atoms with Crippen LogP contribution in [0.25, 0.3) is 11.4 Å². The number of ether oxygens (including phenoxy) is 1. The summed E-state index contributed by atoms with van der Waals surface area (Å²) in [7, 11) is 0. The van der Waals surface area contributed by atoms with Gasteiger partial charge in [-0.3, -0.25) is 9.59 Å². The molecule has 5 N–H and O–H groups in total. The first-order chi connectivity index (χ1) is 14.4. The molecule has 30 heavy (non-hydrogen) atoms. The fourth-order valence-electron chi connectivity index (χ4n) is 2.41. The first kappa shape index (κ1) is 20.6. The Morgan fingerprint density at radius 2 is 1.87 bits per heavy atom. The standard InChI is InChI=1S/C20H19FN6O3/c1-11(18(22)28)25-16-8-15(19(23)29)26-20(27-16)13-3-5-14(6-4-13)30-17-7-2-12(9-21)10-24-17/h2-8,10-11H,9H2,1H3,(H2,22,28)(H2,23,29)(H,25,26,27)/t11-/m0/s1. The Hall–Kier alpha value is -4.08. The molecule has 1 aromatic carbocycles. The number of benzene rings is 1. The maximum absolute atomic E-state index is 12.6. The molecule has 2 aromatic heterocycles. The minimum absolute atomic E-state index is 0.0170. The average Bonchev–Trinajstić information content (AvgIpc) is 2.74. The smallest absolute Gasteiger partial charge is 0.267 e. The minimum atomic E-state index is -0.740. The van der Waals surface area contributed by atoms with Gasteiger partial charge in [0.25, 0.3) is 5.91 Å².